The van der Waals surface area contributed by atoms with E-state index >= 15 is 0 Å². The number of phosphoric acid groups is 3. The second-order valence-corrected chi connectivity index (χ2v) is 30.1. The van der Waals surface area contributed by atoms with Gasteiger partial charge < -0.3 is 116 Å². The lowest BCUT2D eigenvalue weighted by atomic mass is 10.1. The first-order valence-corrected chi connectivity index (χ1v) is 44.3. The summed E-state index contributed by atoms with van der Waals surface area (Å²) in [5.74, 6) is 0.167. The van der Waals surface area contributed by atoms with Crippen LogP contribution in [0, 0.1) is 0 Å². The van der Waals surface area contributed by atoms with E-state index in [2.05, 4.69) is 126 Å². The van der Waals surface area contributed by atoms with Gasteiger partial charge in [0.2, 0.25) is 0 Å². The smallest absolute Gasteiger partial charge is 0.870 e. The Balaban J connectivity index is -0.000000206. The van der Waals surface area contributed by atoms with E-state index in [4.69, 9.17) is 57.7 Å². The summed E-state index contributed by atoms with van der Waals surface area (Å²) in [6, 6.07) is 18.3. The van der Waals surface area contributed by atoms with E-state index in [0.717, 1.165) is 0 Å². The van der Waals surface area contributed by atoms with Crippen LogP contribution < -0.4 is 57.2 Å². The maximum Gasteiger partial charge on any atom is 1.00 e. The van der Waals surface area contributed by atoms with E-state index in [9.17, 15) is 24.0 Å². The average Bonchev–Trinajstić information content (AvgIpc) is 0.881. The second kappa shape index (κ2) is 73.7. The number of benzene rings is 3. The van der Waals surface area contributed by atoms with E-state index < -0.39 is 35.5 Å². The summed E-state index contributed by atoms with van der Waals surface area (Å²) in [5.41, 5.74) is 2.71. The first-order valence-electron chi connectivity index (χ1n) is 39.7. The Labute approximate surface area is 663 Å². The Morgan fingerprint density at radius 2 is 0.445 bits per heavy atom. The summed E-state index contributed by atoms with van der Waals surface area (Å²) in [6.45, 7) is 52.7. The van der Waals surface area contributed by atoms with Crippen LogP contribution in [-0.2, 0) is 18.5 Å². The molecule has 0 atom stereocenters. The van der Waals surface area contributed by atoms with Crippen molar-refractivity contribution in [3.63, 3.8) is 0 Å². The van der Waals surface area contributed by atoms with Crippen LogP contribution in [0.2, 0.25) is 0 Å². The van der Waals surface area contributed by atoms with Crippen LogP contribution in [0.25, 0.3) is 0 Å². The molecule has 0 radical (unpaired) electrons. The number of amides is 8. The number of hydrogen-bond donors (Lipinski definition) is 14. The predicted octanol–water partition coefficient (Wildman–Crippen LogP) is 15.3. The molecule has 0 spiro atoms. The van der Waals surface area contributed by atoms with E-state index in [1.807, 2.05) is 0 Å². The monoisotopic (exact) mass is 1630 g/mol. The summed E-state index contributed by atoms with van der Waals surface area (Å²) < 4.78 is 30.6. The molecule has 0 aromatic heterocycles. The fourth-order valence-corrected chi connectivity index (χ4v) is 11.2. The normalized spacial score (nSPS) is 10.8. The predicted molar refractivity (Wildman–Crippen MR) is 447 cm³/mol. The van der Waals surface area contributed by atoms with Gasteiger partial charge in [-0.25, -0.2) is 19.2 Å². The third-order valence-electron chi connectivity index (χ3n) is 16.8. The van der Waals surface area contributed by atoms with Crippen LogP contribution >= 0.6 is 23.5 Å². The van der Waals surface area contributed by atoms with Crippen molar-refractivity contribution >= 4 is 87.5 Å². The fourth-order valence-electron chi connectivity index (χ4n) is 11.2. The molecule has 0 aliphatic heterocycles. The number of anilines is 6. The lowest BCUT2D eigenvalue weighted by Crippen LogP contribution is -2.50. The molecule has 0 fully saturated rings. The highest BCUT2D eigenvalue weighted by Crippen LogP contribution is 2.26. The van der Waals surface area contributed by atoms with Gasteiger partial charge in [0.25, 0.3) is 23.5 Å². The number of Topliss-reactive ketones (excluding diaryl/α,β-unsaturated/α-hetero) is 1. The van der Waals surface area contributed by atoms with Crippen LogP contribution in [-0.4, -0.2) is 175 Å². The molecule has 30 nitrogen and oxygen atoms in total. The maximum absolute atomic E-state index is 12.5. The van der Waals surface area contributed by atoms with Gasteiger partial charge in [-0.05, 0) is 153 Å². The van der Waals surface area contributed by atoms with Crippen LogP contribution in [0.1, 0.15) is 266 Å². The molecule has 0 heterocycles. The number of hydrogen-bond acceptors (Lipinski definition) is 12. The molecule has 646 valence electrons. The van der Waals surface area contributed by atoms with Gasteiger partial charge in [0.15, 0.2) is 0 Å². The van der Waals surface area contributed by atoms with Crippen molar-refractivity contribution in [1.82, 2.24) is 10.6 Å². The number of ketones is 1. The van der Waals surface area contributed by atoms with Crippen molar-refractivity contribution in [3.8, 4) is 0 Å². The molecule has 3 rings (SSSR count). The zero-order valence-corrected chi connectivity index (χ0v) is 72.8. The Morgan fingerprint density at radius 1 is 0.309 bits per heavy atom. The fraction of sp³-hybridized carbons (Fsp3) is 0.701. The van der Waals surface area contributed by atoms with Gasteiger partial charge >= 0.3 is 25.6 Å². The van der Waals surface area contributed by atoms with Gasteiger partial charge in [-0.15, -0.1) is 0 Å². The molecular weight excluding hydrogens is 1480 g/mol. The zero-order valence-electron chi connectivity index (χ0n) is 71.1. The van der Waals surface area contributed by atoms with Crippen LogP contribution in [0.3, 0.4) is 0 Å². The number of nitrogens with zero attached hydrogens (tertiary/aromatic N) is 3. The first-order chi connectivity index (χ1) is 50.8. The van der Waals surface area contributed by atoms with E-state index in [-0.39, 0.29) is 30.2 Å². The van der Waals surface area contributed by atoms with E-state index in [0.29, 0.717) is 47.2 Å². The number of nitrogens with one attached hydrogen (secondary N) is 8. The molecule has 0 saturated carbocycles. The number of urea groups is 4. The minimum absolute atomic E-state index is 0. The van der Waals surface area contributed by atoms with Gasteiger partial charge in [0.05, 0.1) is 101 Å². The van der Waals surface area contributed by atoms with Gasteiger partial charge in [-0.1, -0.05) is 184 Å². The summed E-state index contributed by atoms with van der Waals surface area (Å²) in [5, 5.41) is 21.4. The average molecular weight is 1630 g/mol. The third kappa shape index (κ3) is 77.8. The van der Waals surface area contributed by atoms with E-state index in [1.165, 1.54) is 260 Å². The highest BCUT2D eigenvalue weighted by atomic mass is 31.2. The van der Waals surface area contributed by atoms with Crippen molar-refractivity contribution in [1.29, 1.82) is 0 Å². The number of rotatable bonds is 44. The number of carbonyl (C=O) groups is 5. The molecule has 33 heteroatoms. The molecular formula is C77H154N11O19P3. The topological polar surface area (TPSA) is 485 Å². The zero-order chi connectivity index (χ0) is 83.4. The van der Waals surface area contributed by atoms with Gasteiger partial charge in [-0.2, -0.15) is 0 Å². The van der Waals surface area contributed by atoms with Gasteiger partial charge in [0.1, 0.15) is 5.78 Å². The van der Waals surface area contributed by atoms with Crippen molar-refractivity contribution in [3.05, 3.63) is 72.8 Å². The van der Waals surface area contributed by atoms with E-state index in [1.54, 1.807) is 86.6 Å². The van der Waals surface area contributed by atoms with Crippen molar-refractivity contribution in [2.45, 2.75) is 265 Å². The Kier molecular flexibility index (Phi) is 78.9. The summed E-state index contributed by atoms with van der Waals surface area (Å²) in [7, 11) is -14.7. The maximum atomic E-state index is 12.5. The highest BCUT2D eigenvalue weighted by molar-refractivity contribution is 7.44. The van der Waals surface area contributed by atoms with Crippen LogP contribution in [0.5, 0.6) is 0 Å². The number of unbranched alkanes of at least 4 members (excludes halogenated alkanes) is 12. The van der Waals surface area contributed by atoms with Crippen LogP contribution in [0.4, 0.5) is 53.3 Å². The number of carbonyl (C=O) groups excluding carboxylic acids is 5. The molecule has 0 saturated heterocycles. The van der Waals surface area contributed by atoms with Crippen molar-refractivity contribution < 1.29 is 108 Å². The highest BCUT2D eigenvalue weighted by Gasteiger charge is 2.27. The molecule has 0 aliphatic rings. The molecule has 3 aromatic rings. The summed E-state index contributed by atoms with van der Waals surface area (Å²) >= 11 is 0. The molecule has 17 N–H and O–H groups in total. The third-order valence-corrected chi connectivity index (χ3v) is 16.8. The largest absolute Gasteiger partial charge is 1.00 e. The molecule has 0 bridgehead atoms. The molecule has 0 aliphatic carbocycles. The minimum Gasteiger partial charge on any atom is -0.870 e. The molecule has 110 heavy (non-hydrogen) atoms. The van der Waals surface area contributed by atoms with Crippen LogP contribution in [0.15, 0.2) is 72.8 Å². The molecule has 0 unspecified atom stereocenters. The lowest BCUT2D eigenvalue weighted by molar-refractivity contribution is -0.929. The van der Waals surface area contributed by atoms with Crippen molar-refractivity contribution in [2.75, 3.05) is 124 Å². The molecule has 8 amide bonds. The second-order valence-electron chi connectivity index (χ2n) is 27.1. The summed E-state index contributed by atoms with van der Waals surface area (Å²) in [6.07, 6.45) is 33.2. The minimum atomic E-state index is -4.89. The Hall–Kier alpha value is -5.46. The quantitative estimate of drug-likeness (QED) is 0.0185. The van der Waals surface area contributed by atoms with Crippen molar-refractivity contribution in [2.24, 2.45) is 0 Å². The first kappa shape index (κ1) is 118. The van der Waals surface area contributed by atoms with Gasteiger partial charge in [-0.3, -0.25) is 13.7 Å². The number of para-hydroxylation sites is 4. The Morgan fingerprint density at radius 3 is 0.573 bits per heavy atom. The van der Waals surface area contributed by atoms with Gasteiger partial charge in [0, 0.05) is 24.5 Å². The Bertz CT molecular complexity index is 2510. The number of quaternary nitrogens is 3. The summed E-state index contributed by atoms with van der Waals surface area (Å²) in [4.78, 5) is 127. The standard InChI is InChI=1S/C26H30N8O4.3C16H36N.C3H6O.3H3O4P.2H2O/c1-3-27-23(35)31-19-9-5-7-11-21(19)33-25(37)29-17-13-15-18(16-14-17)30-26(38)34-22-12-8-6-10-20(22)32-24(36)28-4-2;3*1-5-9-13-17(14-10-6-2,15-11-7-3)16-12-8-4;1-3(2)4;3*1-5(2,3)4;;/h5-16H,3-4H2,1-2H3,(H2,27,31,35)(H2,28,32,36)(H2,29,33,37)(H2,30,34,38);3*5-16H2,1-4H3;1-2H3;3*(H3,1,2,3,4);2*1H2/q;3*+1;;;;;;/p-3. The lowest BCUT2D eigenvalue weighted by Gasteiger charge is -2.39. The SMILES string of the molecule is CC(C)=O.CCCC[N+](CCCC)(CCCC)CCCC.CCCC[N+](CCCC)(CCCC)CCCC.CCCC[N+](CCCC)(CCCC)CCCC.CCNC(=O)Nc1ccccc1NC(=O)Nc1ccc(NC(=O)Nc2ccccc2NC(=O)NCC)cc1.O.O=P([O-])(O)O.O=P([O-])(O)O.O=P([O-])(O)O.[H+].[OH-]. The molecule has 3 aromatic carbocycles.